The smallest absolute Gasteiger partial charge is 0.227 e. The van der Waals surface area contributed by atoms with Crippen molar-refractivity contribution in [3.63, 3.8) is 0 Å². The van der Waals surface area contributed by atoms with Gasteiger partial charge in [-0.1, -0.05) is 38.1 Å². The number of carbonyl (C=O) groups excluding carboxylic acids is 1. The van der Waals surface area contributed by atoms with E-state index in [1.165, 1.54) is 0 Å². The van der Waals surface area contributed by atoms with Crippen molar-refractivity contribution in [2.45, 2.75) is 39.8 Å². The molecule has 20 heavy (non-hydrogen) atoms. The average molecular weight is 278 g/mol. The summed E-state index contributed by atoms with van der Waals surface area (Å²) in [7, 11) is 1.68. The van der Waals surface area contributed by atoms with Crippen molar-refractivity contribution in [3.8, 4) is 0 Å². The molecular formula is C16H26N2O2. The number of amides is 1. The summed E-state index contributed by atoms with van der Waals surface area (Å²) in [5.74, 6) is 0.0472. The molecule has 1 aromatic carbocycles. The van der Waals surface area contributed by atoms with Crippen LogP contribution in [0.4, 0.5) is 0 Å². The van der Waals surface area contributed by atoms with E-state index in [0.29, 0.717) is 19.7 Å². The summed E-state index contributed by atoms with van der Waals surface area (Å²) in [5, 5.41) is 2.99. The van der Waals surface area contributed by atoms with E-state index >= 15 is 0 Å². The molecule has 4 nitrogen and oxygen atoms in total. The fraction of sp³-hybridized carbons (Fsp3) is 0.562. The Bertz CT molecular complexity index is 403. The minimum atomic E-state index is -0.435. The van der Waals surface area contributed by atoms with Gasteiger partial charge in [-0.2, -0.15) is 0 Å². The monoisotopic (exact) mass is 278 g/mol. The maximum atomic E-state index is 12.3. The summed E-state index contributed by atoms with van der Waals surface area (Å²) in [4.78, 5) is 12.3. The number of nitrogens with one attached hydrogen (secondary N) is 1. The van der Waals surface area contributed by atoms with E-state index in [1.807, 2.05) is 38.1 Å². The molecule has 4 heteroatoms. The fourth-order valence-corrected chi connectivity index (χ4v) is 2.24. The maximum absolute atomic E-state index is 12.3. The highest BCUT2D eigenvalue weighted by atomic mass is 16.5. The van der Waals surface area contributed by atoms with Gasteiger partial charge in [0.05, 0.1) is 12.0 Å². The molecule has 0 saturated heterocycles. The first-order valence-electron chi connectivity index (χ1n) is 7.17. The van der Waals surface area contributed by atoms with Gasteiger partial charge in [0.2, 0.25) is 5.91 Å². The minimum Gasteiger partial charge on any atom is -0.380 e. The summed E-state index contributed by atoms with van der Waals surface area (Å²) in [6, 6.07) is 8.05. The highest BCUT2D eigenvalue weighted by Gasteiger charge is 2.32. The van der Waals surface area contributed by atoms with Crippen LogP contribution in [-0.2, 0) is 22.7 Å². The molecule has 112 valence electrons. The molecule has 1 rings (SSSR count). The van der Waals surface area contributed by atoms with Gasteiger partial charge in [0.25, 0.3) is 0 Å². The Labute approximate surface area is 121 Å². The number of hydrogen-bond donors (Lipinski definition) is 2. The van der Waals surface area contributed by atoms with E-state index < -0.39 is 5.41 Å². The van der Waals surface area contributed by atoms with Crippen molar-refractivity contribution in [2.24, 2.45) is 11.1 Å². The van der Waals surface area contributed by atoms with Crippen LogP contribution in [0.3, 0.4) is 0 Å². The molecule has 0 heterocycles. The maximum Gasteiger partial charge on any atom is 0.227 e. The van der Waals surface area contributed by atoms with Crippen LogP contribution in [0, 0.1) is 5.41 Å². The van der Waals surface area contributed by atoms with Gasteiger partial charge in [-0.15, -0.1) is 0 Å². The van der Waals surface area contributed by atoms with Crippen LogP contribution >= 0.6 is 0 Å². The first-order chi connectivity index (χ1) is 9.61. The molecule has 0 unspecified atom stereocenters. The van der Waals surface area contributed by atoms with Crippen LogP contribution in [-0.4, -0.2) is 19.6 Å². The molecule has 0 spiro atoms. The summed E-state index contributed by atoms with van der Waals surface area (Å²) < 4.78 is 5.07. The Morgan fingerprint density at radius 3 is 2.20 bits per heavy atom. The van der Waals surface area contributed by atoms with Gasteiger partial charge in [0.15, 0.2) is 0 Å². The molecule has 0 atom stereocenters. The van der Waals surface area contributed by atoms with Crippen molar-refractivity contribution in [1.82, 2.24) is 5.32 Å². The third-order valence-corrected chi connectivity index (χ3v) is 4.01. The molecule has 1 amide bonds. The topological polar surface area (TPSA) is 64.4 Å². The van der Waals surface area contributed by atoms with Crippen molar-refractivity contribution >= 4 is 5.91 Å². The van der Waals surface area contributed by atoms with Crippen molar-refractivity contribution in [3.05, 3.63) is 35.4 Å². The quantitative estimate of drug-likeness (QED) is 0.766. The van der Waals surface area contributed by atoms with Gasteiger partial charge >= 0.3 is 0 Å². The molecule has 0 radical (unpaired) electrons. The van der Waals surface area contributed by atoms with Gasteiger partial charge in [-0.05, 0) is 24.0 Å². The van der Waals surface area contributed by atoms with Gasteiger partial charge in [-0.25, -0.2) is 0 Å². The Hall–Kier alpha value is -1.39. The van der Waals surface area contributed by atoms with Crippen molar-refractivity contribution < 1.29 is 9.53 Å². The van der Waals surface area contributed by atoms with E-state index in [-0.39, 0.29) is 5.91 Å². The number of rotatable bonds is 8. The average Bonchev–Trinajstić information content (AvgIpc) is 2.49. The van der Waals surface area contributed by atoms with Crippen molar-refractivity contribution in [1.29, 1.82) is 0 Å². The number of ether oxygens (including phenoxy) is 1. The predicted molar refractivity (Wildman–Crippen MR) is 81.1 cm³/mol. The lowest BCUT2D eigenvalue weighted by Gasteiger charge is -2.28. The van der Waals surface area contributed by atoms with Crippen molar-refractivity contribution in [2.75, 3.05) is 13.7 Å². The highest BCUT2D eigenvalue weighted by molar-refractivity contribution is 5.82. The first kappa shape index (κ1) is 16.7. The van der Waals surface area contributed by atoms with Gasteiger partial charge < -0.3 is 15.8 Å². The largest absolute Gasteiger partial charge is 0.380 e. The fourth-order valence-electron chi connectivity index (χ4n) is 2.24. The third kappa shape index (κ3) is 4.05. The lowest BCUT2D eigenvalue weighted by atomic mass is 9.81. The van der Waals surface area contributed by atoms with E-state index in [4.69, 9.17) is 10.5 Å². The molecular weight excluding hydrogens is 252 g/mol. The molecule has 0 aliphatic carbocycles. The number of hydrogen-bond acceptors (Lipinski definition) is 3. The summed E-state index contributed by atoms with van der Waals surface area (Å²) >= 11 is 0. The Morgan fingerprint density at radius 2 is 1.75 bits per heavy atom. The zero-order chi connectivity index (χ0) is 15.0. The van der Waals surface area contributed by atoms with E-state index in [2.05, 4.69) is 5.32 Å². The highest BCUT2D eigenvalue weighted by Crippen LogP contribution is 2.25. The standard InChI is InChI=1S/C16H26N2O2/c1-4-16(5-2,12-17)15(19)18-10-13-6-8-14(9-7-13)11-20-3/h6-9H,4-5,10-12,17H2,1-3H3,(H,18,19). The Kier molecular flexibility index (Phi) is 6.68. The van der Waals surface area contributed by atoms with Crippen LogP contribution < -0.4 is 11.1 Å². The normalized spacial score (nSPS) is 11.4. The number of carbonyl (C=O) groups is 1. The SMILES string of the molecule is CCC(CC)(CN)C(=O)NCc1ccc(COC)cc1. The van der Waals surface area contributed by atoms with Crippen LogP contribution in [0.2, 0.25) is 0 Å². The molecule has 0 aliphatic rings. The minimum absolute atomic E-state index is 0.0472. The molecule has 3 N–H and O–H groups in total. The summed E-state index contributed by atoms with van der Waals surface area (Å²) in [6.45, 7) is 5.55. The summed E-state index contributed by atoms with van der Waals surface area (Å²) in [6.07, 6.45) is 1.53. The van der Waals surface area contributed by atoms with Gasteiger partial charge in [0, 0.05) is 20.2 Å². The molecule has 0 saturated carbocycles. The van der Waals surface area contributed by atoms with Crippen LogP contribution in [0.1, 0.15) is 37.8 Å². The Morgan fingerprint density at radius 1 is 1.20 bits per heavy atom. The number of benzene rings is 1. The van der Waals surface area contributed by atoms with Crippen LogP contribution in [0.25, 0.3) is 0 Å². The molecule has 1 aromatic rings. The molecule has 0 fully saturated rings. The zero-order valence-corrected chi connectivity index (χ0v) is 12.7. The predicted octanol–water partition coefficient (Wildman–Crippen LogP) is 2.21. The molecule has 0 aliphatic heterocycles. The van der Waals surface area contributed by atoms with Gasteiger partial charge in [0.1, 0.15) is 0 Å². The second-order valence-corrected chi connectivity index (χ2v) is 5.12. The first-order valence-corrected chi connectivity index (χ1v) is 7.17. The lowest BCUT2D eigenvalue weighted by Crippen LogP contribution is -2.45. The van der Waals surface area contributed by atoms with Gasteiger partial charge in [-0.3, -0.25) is 4.79 Å². The van der Waals surface area contributed by atoms with E-state index in [1.54, 1.807) is 7.11 Å². The zero-order valence-electron chi connectivity index (χ0n) is 12.7. The number of methoxy groups -OCH3 is 1. The Balaban J connectivity index is 2.60. The third-order valence-electron chi connectivity index (χ3n) is 4.01. The second-order valence-electron chi connectivity index (χ2n) is 5.12. The second kappa shape index (κ2) is 8.02. The molecule has 0 bridgehead atoms. The number of nitrogens with two attached hydrogens (primary N) is 1. The lowest BCUT2D eigenvalue weighted by molar-refractivity contribution is -0.131. The van der Waals surface area contributed by atoms with Crippen LogP contribution in [0.15, 0.2) is 24.3 Å². The van der Waals surface area contributed by atoms with E-state index in [9.17, 15) is 4.79 Å². The van der Waals surface area contributed by atoms with Crippen LogP contribution in [0.5, 0.6) is 0 Å². The van der Waals surface area contributed by atoms with E-state index in [0.717, 1.165) is 24.0 Å². The molecule has 0 aromatic heterocycles. The summed E-state index contributed by atoms with van der Waals surface area (Å²) in [5.41, 5.74) is 7.55.